The number of anilines is 3. The second-order valence-electron chi connectivity index (χ2n) is 16.3. The maximum absolute atomic E-state index is 6.79. The van der Waals surface area contributed by atoms with Crippen molar-refractivity contribution in [1.29, 1.82) is 0 Å². The van der Waals surface area contributed by atoms with E-state index in [2.05, 4.69) is 188 Å². The zero-order valence-electron chi connectivity index (χ0n) is 30.0. The molecule has 1 aliphatic rings. The molecule has 1 aliphatic carbocycles. The van der Waals surface area contributed by atoms with Crippen LogP contribution in [0.25, 0.3) is 44.2 Å². The second kappa shape index (κ2) is 11.0. The standard InChI is InChI=1S/C47H45NO/c1-45(2,3)32-26-41(46(4,5)6)44-38-25-23-35(29-42(38)49-43(44)27-32)48(33-20-18-31(19-21-33)30-14-10-9-11-15-30)34-22-24-37-36-16-12-13-17-39(36)47(7,8)40(37)28-34/h9-29H,1-8H3. The van der Waals surface area contributed by atoms with Crippen molar-refractivity contribution in [3.05, 3.63) is 150 Å². The molecule has 8 rings (SSSR count). The lowest BCUT2D eigenvalue weighted by molar-refractivity contribution is 0.569. The molecule has 0 saturated heterocycles. The van der Waals surface area contributed by atoms with E-state index in [1.54, 1.807) is 0 Å². The average molecular weight is 640 g/mol. The minimum Gasteiger partial charge on any atom is -0.456 e. The summed E-state index contributed by atoms with van der Waals surface area (Å²) in [5.41, 5.74) is 15.5. The molecule has 7 aromatic rings. The van der Waals surface area contributed by atoms with Gasteiger partial charge in [-0.2, -0.15) is 0 Å². The number of rotatable bonds is 4. The fourth-order valence-electron chi connectivity index (χ4n) is 7.77. The summed E-state index contributed by atoms with van der Waals surface area (Å²) in [7, 11) is 0. The SMILES string of the molecule is CC(C)(C)c1cc(C(C)(C)C)c2c(c1)oc1cc(N(c3ccc(-c4ccccc4)cc3)c3ccc4c(c3)C(C)(C)c3ccccc3-4)ccc12. The highest BCUT2D eigenvalue weighted by molar-refractivity contribution is 6.08. The molecular weight excluding hydrogens is 595 g/mol. The second-order valence-corrected chi connectivity index (χ2v) is 16.3. The number of fused-ring (bicyclic) bond motifs is 6. The van der Waals surface area contributed by atoms with Crippen LogP contribution in [0.3, 0.4) is 0 Å². The van der Waals surface area contributed by atoms with Crippen molar-refractivity contribution in [3.8, 4) is 22.3 Å². The van der Waals surface area contributed by atoms with Gasteiger partial charge in [0, 0.05) is 39.3 Å². The van der Waals surface area contributed by atoms with Gasteiger partial charge in [0.15, 0.2) is 0 Å². The van der Waals surface area contributed by atoms with Crippen LogP contribution < -0.4 is 4.90 Å². The third kappa shape index (κ3) is 5.17. The van der Waals surface area contributed by atoms with Crippen molar-refractivity contribution in [2.45, 2.75) is 71.6 Å². The summed E-state index contributed by atoms with van der Waals surface area (Å²) in [6, 6.07) is 46.8. The van der Waals surface area contributed by atoms with Gasteiger partial charge in [-0.15, -0.1) is 0 Å². The van der Waals surface area contributed by atoms with E-state index in [1.807, 2.05) is 0 Å². The minimum atomic E-state index is -0.0957. The number of hydrogen-bond acceptors (Lipinski definition) is 2. The van der Waals surface area contributed by atoms with E-state index in [1.165, 1.54) is 49.9 Å². The van der Waals surface area contributed by atoms with Crippen LogP contribution in [-0.2, 0) is 16.2 Å². The highest BCUT2D eigenvalue weighted by atomic mass is 16.3. The molecular formula is C47H45NO. The summed E-state index contributed by atoms with van der Waals surface area (Å²) < 4.78 is 6.79. The first-order chi connectivity index (χ1) is 23.3. The normalized spacial score (nSPS) is 13.9. The maximum Gasteiger partial charge on any atom is 0.137 e. The zero-order chi connectivity index (χ0) is 34.3. The van der Waals surface area contributed by atoms with Gasteiger partial charge in [-0.1, -0.05) is 134 Å². The monoisotopic (exact) mass is 639 g/mol. The smallest absolute Gasteiger partial charge is 0.137 e. The Hall–Kier alpha value is -5.08. The molecule has 0 saturated carbocycles. The Bertz CT molecular complexity index is 2360. The molecule has 2 heteroatoms. The quantitative estimate of drug-likeness (QED) is 0.191. The average Bonchev–Trinajstić information content (AvgIpc) is 3.56. The van der Waals surface area contributed by atoms with Gasteiger partial charge in [0.2, 0.25) is 0 Å². The van der Waals surface area contributed by atoms with Crippen molar-refractivity contribution in [2.24, 2.45) is 0 Å². The van der Waals surface area contributed by atoms with Crippen molar-refractivity contribution < 1.29 is 4.42 Å². The van der Waals surface area contributed by atoms with Crippen LogP contribution in [0.1, 0.15) is 77.6 Å². The fourth-order valence-corrected chi connectivity index (χ4v) is 7.77. The predicted molar refractivity (Wildman–Crippen MR) is 209 cm³/mol. The van der Waals surface area contributed by atoms with Crippen LogP contribution in [0.15, 0.2) is 132 Å². The van der Waals surface area contributed by atoms with Crippen molar-refractivity contribution >= 4 is 39.0 Å². The predicted octanol–water partition coefficient (Wildman–Crippen LogP) is 13.6. The molecule has 0 N–H and O–H groups in total. The highest BCUT2D eigenvalue weighted by Gasteiger charge is 2.36. The lowest BCUT2D eigenvalue weighted by Crippen LogP contribution is -2.16. The van der Waals surface area contributed by atoms with Gasteiger partial charge < -0.3 is 9.32 Å². The molecule has 0 amide bonds. The van der Waals surface area contributed by atoms with E-state index >= 15 is 0 Å². The first-order valence-corrected chi connectivity index (χ1v) is 17.5. The fraction of sp³-hybridized carbons (Fsp3) is 0.234. The Kier molecular flexibility index (Phi) is 6.99. The Morgan fingerprint density at radius 2 is 1.12 bits per heavy atom. The number of benzene rings is 6. The van der Waals surface area contributed by atoms with Crippen LogP contribution in [0.4, 0.5) is 17.1 Å². The van der Waals surface area contributed by atoms with Gasteiger partial charge in [0.25, 0.3) is 0 Å². The van der Waals surface area contributed by atoms with E-state index in [-0.39, 0.29) is 16.2 Å². The van der Waals surface area contributed by atoms with Gasteiger partial charge >= 0.3 is 0 Å². The third-order valence-corrected chi connectivity index (χ3v) is 10.5. The first kappa shape index (κ1) is 31.2. The molecule has 0 atom stereocenters. The number of nitrogens with zero attached hydrogens (tertiary/aromatic N) is 1. The lowest BCUT2D eigenvalue weighted by Gasteiger charge is -2.28. The molecule has 0 bridgehead atoms. The molecule has 0 radical (unpaired) electrons. The number of furan rings is 1. The van der Waals surface area contributed by atoms with Gasteiger partial charge in [-0.05, 0) is 97.8 Å². The lowest BCUT2D eigenvalue weighted by atomic mass is 9.79. The first-order valence-electron chi connectivity index (χ1n) is 17.5. The Morgan fingerprint density at radius 1 is 0.510 bits per heavy atom. The Labute approximate surface area is 291 Å². The molecule has 0 aliphatic heterocycles. The van der Waals surface area contributed by atoms with E-state index in [0.29, 0.717) is 0 Å². The molecule has 0 unspecified atom stereocenters. The molecule has 0 fully saturated rings. The van der Waals surface area contributed by atoms with Crippen molar-refractivity contribution in [1.82, 2.24) is 0 Å². The molecule has 49 heavy (non-hydrogen) atoms. The van der Waals surface area contributed by atoms with Crippen LogP contribution in [0, 0.1) is 0 Å². The van der Waals surface area contributed by atoms with Gasteiger partial charge in [0.05, 0.1) is 0 Å². The Balaban J connectivity index is 1.32. The van der Waals surface area contributed by atoms with Gasteiger partial charge in [-0.3, -0.25) is 0 Å². The molecule has 1 heterocycles. The molecule has 1 aromatic heterocycles. The molecule has 6 aromatic carbocycles. The summed E-state index contributed by atoms with van der Waals surface area (Å²) in [5.74, 6) is 0. The summed E-state index contributed by atoms with van der Waals surface area (Å²) in [4.78, 5) is 2.38. The Morgan fingerprint density at radius 3 is 1.84 bits per heavy atom. The summed E-state index contributed by atoms with van der Waals surface area (Å²) in [6.07, 6.45) is 0. The topological polar surface area (TPSA) is 16.4 Å². The molecule has 0 spiro atoms. The molecule has 244 valence electrons. The van der Waals surface area contributed by atoms with E-state index in [9.17, 15) is 0 Å². The summed E-state index contributed by atoms with van der Waals surface area (Å²) in [6.45, 7) is 18.4. The van der Waals surface area contributed by atoms with E-state index in [4.69, 9.17) is 4.42 Å². The highest BCUT2D eigenvalue weighted by Crippen LogP contribution is 2.51. The van der Waals surface area contributed by atoms with Crippen molar-refractivity contribution in [2.75, 3.05) is 4.90 Å². The maximum atomic E-state index is 6.79. The number of hydrogen-bond donors (Lipinski definition) is 0. The van der Waals surface area contributed by atoms with Crippen LogP contribution in [0.5, 0.6) is 0 Å². The van der Waals surface area contributed by atoms with Gasteiger partial charge in [-0.25, -0.2) is 0 Å². The van der Waals surface area contributed by atoms with E-state index in [0.717, 1.165) is 33.6 Å². The van der Waals surface area contributed by atoms with Crippen LogP contribution in [-0.4, -0.2) is 0 Å². The van der Waals surface area contributed by atoms with Crippen molar-refractivity contribution in [3.63, 3.8) is 0 Å². The molecule has 2 nitrogen and oxygen atoms in total. The summed E-state index contributed by atoms with van der Waals surface area (Å²) >= 11 is 0. The summed E-state index contributed by atoms with van der Waals surface area (Å²) in [5, 5.41) is 2.38. The van der Waals surface area contributed by atoms with Crippen LogP contribution >= 0.6 is 0 Å². The van der Waals surface area contributed by atoms with E-state index < -0.39 is 0 Å². The van der Waals surface area contributed by atoms with Crippen LogP contribution in [0.2, 0.25) is 0 Å². The van der Waals surface area contributed by atoms with Gasteiger partial charge in [0.1, 0.15) is 11.2 Å². The third-order valence-electron chi connectivity index (χ3n) is 10.5. The zero-order valence-corrected chi connectivity index (χ0v) is 30.0. The minimum absolute atomic E-state index is 0.0159. The largest absolute Gasteiger partial charge is 0.456 e.